The topological polar surface area (TPSA) is 74.3 Å². The molecule has 1 heterocycles. The number of ether oxygens (including phenoxy) is 4. The Hall–Kier alpha value is -2.54. The van der Waals surface area contributed by atoms with E-state index in [0.29, 0.717) is 24.5 Å². The van der Waals surface area contributed by atoms with Crippen LogP contribution in [0.4, 0.5) is 0 Å². The second kappa shape index (κ2) is 8.53. The van der Waals surface area contributed by atoms with Gasteiger partial charge in [-0.15, -0.1) is 0 Å². The highest BCUT2D eigenvalue weighted by atomic mass is 16.5. The first-order chi connectivity index (χ1) is 12.0. The maximum Gasteiger partial charge on any atom is 0.328 e. The van der Waals surface area contributed by atoms with Gasteiger partial charge in [0, 0.05) is 26.2 Å². The molecule has 1 aliphatic heterocycles. The minimum absolute atomic E-state index is 0.178. The van der Waals surface area contributed by atoms with Gasteiger partial charge >= 0.3 is 5.97 Å². The van der Waals surface area contributed by atoms with Gasteiger partial charge in [0.2, 0.25) is 5.91 Å². The molecule has 2 atom stereocenters. The number of methoxy groups -OCH3 is 4. The molecule has 0 radical (unpaired) electrons. The zero-order valence-corrected chi connectivity index (χ0v) is 14.9. The van der Waals surface area contributed by atoms with E-state index in [-0.39, 0.29) is 12.0 Å². The van der Waals surface area contributed by atoms with Gasteiger partial charge in [0.05, 0.1) is 27.4 Å². The van der Waals surface area contributed by atoms with Crippen LogP contribution in [0, 0.1) is 0 Å². The van der Waals surface area contributed by atoms with Gasteiger partial charge in [-0.1, -0.05) is 6.07 Å². The number of hydrogen-bond donors (Lipinski definition) is 0. The molecule has 1 amide bonds. The highest BCUT2D eigenvalue weighted by Gasteiger charge is 2.39. The fraction of sp³-hybridized carbons (Fsp3) is 0.444. The Labute approximate surface area is 147 Å². The molecule has 25 heavy (non-hydrogen) atoms. The molecule has 1 fully saturated rings. The number of benzene rings is 1. The predicted molar refractivity (Wildman–Crippen MR) is 91.5 cm³/mol. The number of nitrogens with zero attached hydrogens (tertiary/aromatic N) is 1. The van der Waals surface area contributed by atoms with Crippen LogP contribution in [0.3, 0.4) is 0 Å². The first-order valence-electron chi connectivity index (χ1n) is 7.85. The number of likely N-dealkylation sites (tertiary alicyclic amines) is 1. The number of esters is 1. The van der Waals surface area contributed by atoms with E-state index < -0.39 is 12.0 Å². The van der Waals surface area contributed by atoms with Crippen LogP contribution in [0.5, 0.6) is 11.5 Å². The van der Waals surface area contributed by atoms with Crippen molar-refractivity contribution in [1.82, 2.24) is 4.90 Å². The average molecular weight is 349 g/mol. The van der Waals surface area contributed by atoms with Gasteiger partial charge in [0.1, 0.15) is 6.04 Å². The summed E-state index contributed by atoms with van der Waals surface area (Å²) >= 11 is 0. The molecule has 0 saturated carbocycles. The molecule has 7 nitrogen and oxygen atoms in total. The monoisotopic (exact) mass is 349 g/mol. The Bertz CT molecular complexity index is 657. The van der Waals surface area contributed by atoms with Crippen LogP contribution < -0.4 is 9.47 Å². The molecule has 1 aromatic carbocycles. The molecule has 7 heteroatoms. The van der Waals surface area contributed by atoms with Crippen LogP contribution in [0.1, 0.15) is 12.0 Å². The van der Waals surface area contributed by atoms with Crippen LogP contribution in [-0.4, -0.2) is 63.9 Å². The zero-order chi connectivity index (χ0) is 18.4. The second-order valence-electron chi connectivity index (χ2n) is 5.57. The SMILES string of the molecule is COC(=O)[C@@H]1C[C@@H](OC)CN1C(=O)/C=C/c1ccc(OC)c(OC)c1. The fourth-order valence-corrected chi connectivity index (χ4v) is 2.79. The largest absolute Gasteiger partial charge is 0.493 e. The van der Waals surface area contributed by atoms with E-state index in [9.17, 15) is 9.59 Å². The van der Waals surface area contributed by atoms with Crippen LogP contribution >= 0.6 is 0 Å². The van der Waals surface area contributed by atoms with Crippen molar-refractivity contribution in [3.8, 4) is 11.5 Å². The van der Waals surface area contributed by atoms with E-state index >= 15 is 0 Å². The maximum atomic E-state index is 12.5. The Kier molecular flexibility index (Phi) is 6.41. The normalized spacial score (nSPS) is 19.9. The highest BCUT2D eigenvalue weighted by molar-refractivity contribution is 5.95. The molecule has 1 aromatic rings. The third kappa shape index (κ3) is 4.30. The summed E-state index contributed by atoms with van der Waals surface area (Å²) in [6, 6.07) is 4.71. The van der Waals surface area contributed by atoms with Gasteiger partial charge < -0.3 is 23.8 Å². The lowest BCUT2D eigenvalue weighted by atomic mass is 10.1. The summed E-state index contributed by atoms with van der Waals surface area (Å²) < 4.78 is 20.5. The number of rotatable bonds is 6. The van der Waals surface area contributed by atoms with E-state index in [2.05, 4.69) is 0 Å². The van der Waals surface area contributed by atoms with Gasteiger partial charge in [-0.3, -0.25) is 4.79 Å². The molecule has 0 spiro atoms. The quantitative estimate of drug-likeness (QED) is 0.572. The summed E-state index contributed by atoms with van der Waals surface area (Å²) in [5.74, 6) is 0.474. The molecule has 1 saturated heterocycles. The van der Waals surface area contributed by atoms with Gasteiger partial charge in [-0.05, 0) is 23.8 Å². The summed E-state index contributed by atoms with van der Waals surface area (Å²) in [4.78, 5) is 25.9. The molecule has 0 aliphatic carbocycles. The van der Waals surface area contributed by atoms with Crippen LogP contribution in [-0.2, 0) is 19.1 Å². The molecular weight excluding hydrogens is 326 g/mol. The molecular formula is C18H23NO6. The van der Waals surface area contributed by atoms with Crippen LogP contribution in [0.25, 0.3) is 6.08 Å². The van der Waals surface area contributed by atoms with Gasteiger partial charge in [0.25, 0.3) is 0 Å². The molecule has 2 rings (SSSR count). The molecule has 0 N–H and O–H groups in total. The van der Waals surface area contributed by atoms with Crippen LogP contribution in [0.15, 0.2) is 24.3 Å². The Morgan fingerprint density at radius 2 is 1.84 bits per heavy atom. The summed E-state index contributed by atoms with van der Waals surface area (Å²) in [5.41, 5.74) is 0.781. The van der Waals surface area contributed by atoms with E-state index in [1.165, 1.54) is 18.1 Å². The molecule has 0 aromatic heterocycles. The zero-order valence-electron chi connectivity index (χ0n) is 14.9. The molecule has 0 bridgehead atoms. The molecule has 0 unspecified atom stereocenters. The van der Waals surface area contributed by atoms with Crippen molar-refractivity contribution in [2.24, 2.45) is 0 Å². The predicted octanol–water partition coefficient (Wildman–Crippen LogP) is 1.51. The molecule has 136 valence electrons. The Balaban J connectivity index is 2.14. The van der Waals surface area contributed by atoms with Crippen LogP contribution in [0.2, 0.25) is 0 Å². The molecule has 1 aliphatic rings. The van der Waals surface area contributed by atoms with Gasteiger partial charge in [-0.2, -0.15) is 0 Å². The number of hydrogen-bond acceptors (Lipinski definition) is 6. The minimum Gasteiger partial charge on any atom is -0.493 e. The minimum atomic E-state index is -0.627. The van der Waals surface area contributed by atoms with Gasteiger partial charge in [-0.25, -0.2) is 4.79 Å². The van der Waals surface area contributed by atoms with Crippen molar-refractivity contribution in [3.63, 3.8) is 0 Å². The lowest BCUT2D eigenvalue weighted by Crippen LogP contribution is -2.40. The highest BCUT2D eigenvalue weighted by Crippen LogP contribution is 2.28. The Morgan fingerprint density at radius 1 is 1.12 bits per heavy atom. The van der Waals surface area contributed by atoms with Crippen molar-refractivity contribution in [3.05, 3.63) is 29.8 Å². The van der Waals surface area contributed by atoms with Crippen molar-refractivity contribution < 1.29 is 28.5 Å². The third-order valence-corrected chi connectivity index (χ3v) is 4.18. The van der Waals surface area contributed by atoms with Gasteiger partial charge in [0.15, 0.2) is 11.5 Å². The number of carbonyl (C=O) groups excluding carboxylic acids is 2. The van der Waals surface area contributed by atoms with Crippen molar-refractivity contribution >= 4 is 18.0 Å². The lowest BCUT2D eigenvalue weighted by Gasteiger charge is -2.20. The second-order valence-corrected chi connectivity index (χ2v) is 5.57. The maximum absolute atomic E-state index is 12.5. The fourth-order valence-electron chi connectivity index (χ4n) is 2.79. The van der Waals surface area contributed by atoms with E-state index in [1.807, 2.05) is 6.07 Å². The average Bonchev–Trinajstić information content (AvgIpc) is 3.09. The van der Waals surface area contributed by atoms with Crippen molar-refractivity contribution in [1.29, 1.82) is 0 Å². The standard InChI is InChI=1S/C18H23NO6/c1-22-13-10-14(18(21)25-4)19(11-13)17(20)8-6-12-5-7-15(23-2)16(9-12)24-3/h5-9,13-14H,10-11H2,1-4H3/b8-6+/t13-,14+/m1/s1. The summed E-state index contributed by atoms with van der Waals surface area (Å²) in [7, 11) is 5.98. The number of carbonyl (C=O) groups is 2. The number of amides is 1. The lowest BCUT2D eigenvalue weighted by molar-refractivity contribution is -0.149. The van der Waals surface area contributed by atoms with Crippen molar-refractivity contribution in [2.75, 3.05) is 35.0 Å². The Morgan fingerprint density at radius 3 is 2.44 bits per heavy atom. The van der Waals surface area contributed by atoms with E-state index in [4.69, 9.17) is 18.9 Å². The first kappa shape index (κ1) is 18.8. The summed E-state index contributed by atoms with van der Waals surface area (Å²) in [5, 5.41) is 0. The third-order valence-electron chi connectivity index (χ3n) is 4.18. The summed E-state index contributed by atoms with van der Waals surface area (Å²) in [6.07, 6.45) is 3.34. The first-order valence-corrected chi connectivity index (χ1v) is 7.85. The smallest absolute Gasteiger partial charge is 0.328 e. The van der Waals surface area contributed by atoms with E-state index in [1.54, 1.807) is 39.5 Å². The summed E-state index contributed by atoms with van der Waals surface area (Å²) in [6.45, 7) is 0.353. The van der Waals surface area contributed by atoms with Crippen molar-refractivity contribution in [2.45, 2.75) is 18.6 Å². The van der Waals surface area contributed by atoms with E-state index in [0.717, 1.165) is 5.56 Å².